The van der Waals surface area contributed by atoms with Crippen molar-refractivity contribution in [2.45, 2.75) is 12.3 Å². The van der Waals surface area contributed by atoms with Gasteiger partial charge in [0.05, 0.1) is 13.2 Å². The molecule has 4 heteroatoms. The highest BCUT2D eigenvalue weighted by atomic mass is 16.5. The summed E-state index contributed by atoms with van der Waals surface area (Å²) in [6.07, 6.45) is 2.73. The second-order valence-corrected chi connectivity index (χ2v) is 5.28. The minimum atomic E-state index is -1.35. The number of methoxy groups -OCH3 is 1. The Balaban J connectivity index is 2.62. The van der Waals surface area contributed by atoms with E-state index in [1.807, 2.05) is 30.3 Å². The van der Waals surface area contributed by atoms with Gasteiger partial charge in [-0.3, -0.25) is 4.79 Å². The Labute approximate surface area is 124 Å². The third kappa shape index (κ3) is 2.25. The van der Waals surface area contributed by atoms with Gasteiger partial charge in [0, 0.05) is 11.8 Å². The molecule has 21 heavy (non-hydrogen) atoms. The summed E-state index contributed by atoms with van der Waals surface area (Å²) in [6, 6.07) is 11.3. The van der Waals surface area contributed by atoms with Gasteiger partial charge in [-0.05, 0) is 17.9 Å². The molecule has 0 aromatic heterocycles. The van der Waals surface area contributed by atoms with Gasteiger partial charge < -0.3 is 9.53 Å². The Morgan fingerprint density at radius 2 is 2.14 bits per heavy atom. The molecule has 0 amide bonds. The normalized spacial score (nSPS) is 31.1. The zero-order valence-electron chi connectivity index (χ0n) is 11.9. The van der Waals surface area contributed by atoms with Crippen LogP contribution >= 0.6 is 0 Å². The number of allylic oxidation sites excluding steroid dienone is 1. The molecule has 0 aliphatic heterocycles. The number of carbonyl (C=O) groups excluding carboxylic acids is 2. The van der Waals surface area contributed by atoms with Crippen LogP contribution in [-0.4, -0.2) is 19.4 Å². The van der Waals surface area contributed by atoms with Gasteiger partial charge in [-0.15, -0.1) is 6.58 Å². The number of nitrogens with zero attached hydrogens (tertiary/aromatic N) is 1. The summed E-state index contributed by atoms with van der Waals surface area (Å²) in [5, 5.41) is 9.68. The Morgan fingerprint density at radius 1 is 1.48 bits per heavy atom. The van der Waals surface area contributed by atoms with E-state index in [9.17, 15) is 14.9 Å². The van der Waals surface area contributed by atoms with Gasteiger partial charge in [0.2, 0.25) is 0 Å². The van der Waals surface area contributed by atoms with Gasteiger partial charge in [-0.2, -0.15) is 5.26 Å². The molecule has 0 heterocycles. The standard InChI is InChI=1S/C17H17NO3/c1-3-12-9-17(11-18,16(20)21-2)15(14(12)10-19)13-7-5-4-6-8-13/h3-8,10,12,14-15H,1,9H2,2H3/t12-,14+,15-,17+/m0/s1. The van der Waals surface area contributed by atoms with E-state index in [0.29, 0.717) is 0 Å². The average molecular weight is 283 g/mol. The third-order valence-electron chi connectivity index (χ3n) is 4.34. The van der Waals surface area contributed by atoms with Crippen molar-refractivity contribution in [3.05, 3.63) is 48.6 Å². The molecule has 1 saturated carbocycles. The van der Waals surface area contributed by atoms with Crippen LogP contribution in [0.5, 0.6) is 0 Å². The van der Waals surface area contributed by atoms with E-state index >= 15 is 0 Å². The van der Waals surface area contributed by atoms with E-state index in [1.54, 1.807) is 6.08 Å². The lowest BCUT2D eigenvalue weighted by Gasteiger charge is -2.27. The van der Waals surface area contributed by atoms with Crippen LogP contribution in [0.4, 0.5) is 0 Å². The molecule has 108 valence electrons. The molecule has 1 aliphatic rings. The first kappa shape index (κ1) is 15.0. The fourth-order valence-corrected chi connectivity index (χ4v) is 3.35. The highest BCUT2D eigenvalue weighted by molar-refractivity contribution is 5.84. The zero-order chi connectivity index (χ0) is 15.5. The number of esters is 1. The Bertz CT molecular complexity index is 590. The van der Waals surface area contributed by atoms with Crippen molar-refractivity contribution in [1.29, 1.82) is 5.26 Å². The first-order chi connectivity index (χ1) is 10.1. The third-order valence-corrected chi connectivity index (χ3v) is 4.34. The van der Waals surface area contributed by atoms with Crippen molar-refractivity contribution in [2.75, 3.05) is 7.11 Å². The number of hydrogen-bond acceptors (Lipinski definition) is 4. The molecule has 0 unspecified atom stereocenters. The Kier molecular flexibility index (Phi) is 4.23. The number of aldehydes is 1. The monoisotopic (exact) mass is 283 g/mol. The molecule has 1 aromatic carbocycles. The van der Waals surface area contributed by atoms with Crippen molar-refractivity contribution in [3.63, 3.8) is 0 Å². The highest BCUT2D eigenvalue weighted by Gasteiger charge is 2.59. The van der Waals surface area contributed by atoms with Crippen LogP contribution in [0.3, 0.4) is 0 Å². The van der Waals surface area contributed by atoms with Crippen molar-refractivity contribution in [2.24, 2.45) is 17.3 Å². The number of hydrogen-bond donors (Lipinski definition) is 0. The van der Waals surface area contributed by atoms with Crippen LogP contribution in [-0.2, 0) is 14.3 Å². The quantitative estimate of drug-likeness (QED) is 0.483. The first-order valence-electron chi connectivity index (χ1n) is 6.77. The molecule has 1 aliphatic carbocycles. The maximum Gasteiger partial charge on any atom is 0.326 e. The smallest absolute Gasteiger partial charge is 0.326 e. The molecule has 2 rings (SSSR count). The fraction of sp³-hybridized carbons (Fsp3) is 0.353. The Morgan fingerprint density at radius 3 is 2.62 bits per heavy atom. The van der Waals surface area contributed by atoms with E-state index in [0.717, 1.165) is 11.8 Å². The molecular formula is C17H17NO3. The summed E-state index contributed by atoms with van der Waals surface area (Å²) >= 11 is 0. The largest absolute Gasteiger partial charge is 0.468 e. The van der Waals surface area contributed by atoms with Crippen molar-refractivity contribution >= 4 is 12.3 Å². The summed E-state index contributed by atoms with van der Waals surface area (Å²) in [7, 11) is 1.26. The minimum absolute atomic E-state index is 0.216. The predicted molar refractivity (Wildman–Crippen MR) is 77.1 cm³/mol. The second kappa shape index (κ2) is 5.92. The number of ether oxygens (including phenoxy) is 1. The fourth-order valence-electron chi connectivity index (χ4n) is 3.35. The molecule has 4 nitrogen and oxygen atoms in total. The van der Waals surface area contributed by atoms with Gasteiger partial charge in [0.1, 0.15) is 6.29 Å². The number of nitriles is 1. The van der Waals surface area contributed by atoms with Gasteiger partial charge in [-0.1, -0.05) is 36.4 Å². The summed E-state index contributed by atoms with van der Waals surface area (Å²) in [6.45, 7) is 3.73. The highest BCUT2D eigenvalue weighted by Crippen LogP contribution is 2.55. The summed E-state index contributed by atoms with van der Waals surface area (Å²) < 4.78 is 4.85. The van der Waals surface area contributed by atoms with Gasteiger partial charge in [0.15, 0.2) is 5.41 Å². The molecule has 4 atom stereocenters. The minimum Gasteiger partial charge on any atom is -0.468 e. The molecule has 0 spiro atoms. The Hall–Kier alpha value is -2.41. The van der Waals surface area contributed by atoms with Crippen LogP contribution in [0.1, 0.15) is 17.9 Å². The number of rotatable bonds is 4. The summed E-state index contributed by atoms with van der Waals surface area (Å²) in [5.74, 6) is -1.78. The lowest BCUT2D eigenvalue weighted by atomic mass is 9.73. The topological polar surface area (TPSA) is 67.2 Å². The van der Waals surface area contributed by atoms with E-state index < -0.39 is 23.2 Å². The van der Waals surface area contributed by atoms with E-state index in [1.165, 1.54) is 7.11 Å². The SMILES string of the molecule is C=C[C@H]1C[C@](C#N)(C(=O)OC)[C@@H](c2ccccc2)[C@@H]1C=O. The molecule has 0 saturated heterocycles. The van der Waals surface area contributed by atoms with E-state index in [4.69, 9.17) is 4.74 Å². The van der Waals surface area contributed by atoms with Crippen LogP contribution in [0.15, 0.2) is 43.0 Å². The van der Waals surface area contributed by atoms with Gasteiger partial charge >= 0.3 is 5.97 Å². The van der Waals surface area contributed by atoms with Crippen LogP contribution in [0.2, 0.25) is 0 Å². The molecule has 0 radical (unpaired) electrons. The van der Waals surface area contributed by atoms with Crippen molar-refractivity contribution in [3.8, 4) is 6.07 Å². The van der Waals surface area contributed by atoms with Crippen molar-refractivity contribution in [1.82, 2.24) is 0 Å². The molecule has 0 N–H and O–H groups in total. The molecule has 0 bridgehead atoms. The van der Waals surface area contributed by atoms with Crippen LogP contribution in [0, 0.1) is 28.6 Å². The zero-order valence-corrected chi connectivity index (χ0v) is 11.9. The van der Waals surface area contributed by atoms with E-state index in [2.05, 4.69) is 12.6 Å². The lowest BCUT2D eigenvalue weighted by Crippen LogP contribution is -2.35. The van der Waals surface area contributed by atoms with E-state index in [-0.39, 0.29) is 12.3 Å². The number of carbonyl (C=O) groups is 2. The maximum absolute atomic E-state index is 12.3. The van der Waals surface area contributed by atoms with Gasteiger partial charge in [-0.25, -0.2) is 0 Å². The first-order valence-corrected chi connectivity index (χ1v) is 6.77. The molecule has 1 aromatic rings. The van der Waals surface area contributed by atoms with Gasteiger partial charge in [0.25, 0.3) is 0 Å². The average Bonchev–Trinajstić information content (AvgIpc) is 2.89. The molecular weight excluding hydrogens is 266 g/mol. The number of benzene rings is 1. The van der Waals surface area contributed by atoms with Crippen LogP contribution in [0.25, 0.3) is 0 Å². The van der Waals surface area contributed by atoms with Crippen LogP contribution < -0.4 is 0 Å². The summed E-state index contributed by atoms with van der Waals surface area (Å²) in [5.41, 5.74) is -0.550. The predicted octanol–water partition coefficient (Wildman–Crippen LogP) is 2.47. The maximum atomic E-state index is 12.3. The van der Waals surface area contributed by atoms with Crippen molar-refractivity contribution < 1.29 is 14.3 Å². The molecule has 1 fully saturated rings. The summed E-state index contributed by atoms with van der Waals surface area (Å²) in [4.78, 5) is 23.8. The lowest BCUT2D eigenvalue weighted by molar-refractivity contribution is -0.150. The second-order valence-electron chi connectivity index (χ2n) is 5.28.